The summed E-state index contributed by atoms with van der Waals surface area (Å²) in [4.78, 5) is 10.4. The van der Waals surface area contributed by atoms with E-state index in [2.05, 4.69) is 0 Å². The van der Waals surface area contributed by atoms with Gasteiger partial charge in [0.25, 0.3) is 5.69 Å². The molecular formula is C13H18N2O5S. The molecule has 8 heteroatoms. The Morgan fingerprint density at radius 1 is 1.43 bits per heavy atom. The van der Waals surface area contributed by atoms with Gasteiger partial charge in [-0.15, -0.1) is 0 Å². The summed E-state index contributed by atoms with van der Waals surface area (Å²) in [5, 5.41) is 20.1. The largest absolute Gasteiger partial charge is 0.396 e. The van der Waals surface area contributed by atoms with Crippen molar-refractivity contribution in [1.82, 2.24) is 4.31 Å². The fourth-order valence-electron chi connectivity index (χ4n) is 2.46. The smallest absolute Gasteiger partial charge is 0.273 e. The monoisotopic (exact) mass is 314 g/mol. The molecule has 1 aliphatic heterocycles. The number of nitrogens with zero attached hydrogens (tertiary/aromatic N) is 2. The number of rotatable bonds is 4. The number of sulfonamides is 1. The number of aryl methyl sites for hydroxylation is 1. The van der Waals surface area contributed by atoms with Crippen LogP contribution in [-0.2, 0) is 10.0 Å². The van der Waals surface area contributed by atoms with Crippen molar-refractivity contribution in [1.29, 1.82) is 0 Å². The highest BCUT2D eigenvalue weighted by Gasteiger charge is 2.33. The summed E-state index contributed by atoms with van der Waals surface area (Å²) in [6.45, 7) is 3.77. The molecule has 21 heavy (non-hydrogen) atoms. The average molecular weight is 314 g/mol. The average Bonchev–Trinajstić information content (AvgIpc) is 2.90. The molecular weight excluding hydrogens is 296 g/mol. The zero-order valence-electron chi connectivity index (χ0n) is 11.9. The van der Waals surface area contributed by atoms with E-state index in [-0.39, 0.29) is 29.7 Å². The van der Waals surface area contributed by atoms with Gasteiger partial charge in [0.15, 0.2) is 0 Å². The lowest BCUT2D eigenvalue weighted by Crippen LogP contribution is -2.29. The second kappa shape index (κ2) is 5.70. The predicted molar refractivity (Wildman–Crippen MR) is 76.5 cm³/mol. The first-order valence-electron chi connectivity index (χ1n) is 6.64. The first-order chi connectivity index (χ1) is 9.77. The highest BCUT2D eigenvalue weighted by atomic mass is 32.2. The van der Waals surface area contributed by atoms with Gasteiger partial charge in [0.05, 0.1) is 9.82 Å². The summed E-state index contributed by atoms with van der Waals surface area (Å²) in [7, 11) is -3.76. The molecule has 1 heterocycles. The molecule has 0 amide bonds. The van der Waals surface area contributed by atoms with Crippen molar-refractivity contribution in [3.8, 4) is 0 Å². The minimum Gasteiger partial charge on any atom is -0.396 e. The van der Waals surface area contributed by atoms with Gasteiger partial charge < -0.3 is 5.11 Å². The van der Waals surface area contributed by atoms with Crippen LogP contribution >= 0.6 is 0 Å². The van der Waals surface area contributed by atoms with Crippen LogP contribution in [0.3, 0.4) is 0 Å². The van der Waals surface area contributed by atoms with Gasteiger partial charge in [-0.05, 0) is 37.8 Å². The molecule has 0 radical (unpaired) electrons. The Morgan fingerprint density at radius 3 is 2.62 bits per heavy atom. The van der Waals surface area contributed by atoms with Gasteiger partial charge in [-0.1, -0.05) is 0 Å². The Bertz CT molecular complexity index is 671. The minimum absolute atomic E-state index is 0.0565. The van der Waals surface area contributed by atoms with Crippen molar-refractivity contribution in [2.24, 2.45) is 5.92 Å². The van der Waals surface area contributed by atoms with Gasteiger partial charge >= 0.3 is 0 Å². The lowest BCUT2D eigenvalue weighted by atomic mass is 10.1. The minimum atomic E-state index is -3.76. The number of benzene rings is 1. The predicted octanol–water partition coefficient (Wildman–Crippen LogP) is 1.21. The highest BCUT2D eigenvalue weighted by Crippen LogP contribution is 2.30. The zero-order valence-corrected chi connectivity index (χ0v) is 12.8. The summed E-state index contributed by atoms with van der Waals surface area (Å²) < 4.78 is 26.4. The van der Waals surface area contributed by atoms with E-state index in [0.717, 1.165) is 6.07 Å². The van der Waals surface area contributed by atoms with Crippen molar-refractivity contribution in [2.75, 3.05) is 19.7 Å². The molecule has 0 bridgehead atoms. The molecule has 1 N–H and O–H groups in total. The molecule has 7 nitrogen and oxygen atoms in total. The number of hydrogen-bond donors (Lipinski definition) is 1. The Balaban J connectivity index is 2.44. The van der Waals surface area contributed by atoms with E-state index in [9.17, 15) is 18.5 Å². The van der Waals surface area contributed by atoms with Crippen LogP contribution in [0.25, 0.3) is 0 Å². The lowest BCUT2D eigenvalue weighted by Gasteiger charge is -2.17. The maximum Gasteiger partial charge on any atom is 0.273 e. The number of aliphatic hydroxyl groups is 1. The molecule has 0 aliphatic carbocycles. The van der Waals surface area contributed by atoms with E-state index < -0.39 is 14.9 Å². The van der Waals surface area contributed by atoms with E-state index in [1.54, 1.807) is 13.8 Å². The van der Waals surface area contributed by atoms with Gasteiger partial charge in [0.2, 0.25) is 10.0 Å². The van der Waals surface area contributed by atoms with Gasteiger partial charge in [0, 0.05) is 31.3 Å². The molecule has 1 aromatic carbocycles. The second-order valence-electron chi connectivity index (χ2n) is 5.34. The van der Waals surface area contributed by atoms with Crippen LogP contribution < -0.4 is 0 Å². The molecule has 1 aliphatic rings. The fraction of sp³-hybridized carbons (Fsp3) is 0.538. The topological polar surface area (TPSA) is 101 Å². The summed E-state index contributed by atoms with van der Waals surface area (Å²) in [6, 6.07) is 2.58. The van der Waals surface area contributed by atoms with Crippen LogP contribution in [0.1, 0.15) is 17.5 Å². The van der Waals surface area contributed by atoms with Gasteiger partial charge in [-0.2, -0.15) is 4.31 Å². The normalized spacial score (nSPS) is 19.9. The number of nitro groups is 1. The Morgan fingerprint density at radius 2 is 2.10 bits per heavy atom. The molecule has 2 rings (SSSR count). The Labute approximate surface area is 123 Å². The van der Waals surface area contributed by atoms with Crippen molar-refractivity contribution in [2.45, 2.75) is 25.2 Å². The van der Waals surface area contributed by atoms with E-state index in [1.165, 1.54) is 10.4 Å². The van der Waals surface area contributed by atoms with E-state index >= 15 is 0 Å². The number of hydrogen-bond acceptors (Lipinski definition) is 5. The maximum atomic E-state index is 12.6. The third kappa shape index (κ3) is 2.92. The molecule has 1 aromatic rings. The van der Waals surface area contributed by atoms with Crippen molar-refractivity contribution in [3.63, 3.8) is 0 Å². The summed E-state index contributed by atoms with van der Waals surface area (Å²) in [5.41, 5.74) is 0.848. The highest BCUT2D eigenvalue weighted by molar-refractivity contribution is 7.89. The van der Waals surface area contributed by atoms with Gasteiger partial charge in [-0.3, -0.25) is 10.1 Å². The van der Waals surface area contributed by atoms with Gasteiger partial charge in [-0.25, -0.2) is 8.42 Å². The molecule has 1 saturated heterocycles. The summed E-state index contributed by atoms with van der Waals surface area (Å²) in [6.07, 6.45) is 0.600. The van der Waals surface area contributed by atoms with Crippen LogP contribution in [-0.4, -0.2) is 42.4 Å². The number of aliphatic hydroxyl groups excluding tert-OH is 1. The molecule has 1 atom stereocenters. The maximum absolute atomic E-state index is 12.6. The molecule has 0 saturated carbocycles. The third-order valence-electron chi connectivity index (χ3n) is 3.95. The third-order valence-corrected chi connectivity index (χ3v) is 5.80. The van der Waals surface area contributed by atoms with Crippen LogP contribution in [0.15, 0.2) is 17.0 Å². The molecule has 0 spiro atoms. The van der Waals surface area contributed by atoms with Crippen LogP contribution in [0, 0.1) is 29.9 Å². The van der Waals surface area contributed by atoms with Crippen LogP contribution in [0.5, 0.6) is 0 Å². The Hall–Kier alpha value is -1.51. The van der Waals surface area contributed by atoms with Crippen LogP contribution in [0.4, 0.5) is 5.69 Å². The standard InChI is InChI=1S/C13H18N2O5S/c1-9-5-12(6-13(10(9)2)15(17)18)21(19,20)14-4-3-11(7-14)8-16/h5-6,11,16H,3-4,7-8H2,1-2H3. The zero-order chi connectivity index (χ0) is 15.8. The molecule has 1 unspecified atom stereocenters. The molecule has 1 fully saturated rings. The van der Waals surface area contributed by atoms with Crippen molar-refractivity contribution < 1.29 is 18.4 Å². The van der Waals surface area contributed by atoms with Crippen molar-refractivity contribution in [3.05, 3.63) is 33.4 Å². The van der Waals surface area contributed by atoms with E-state index in [1.807, 2.05) is 0 Å². The van der Waals surface area contributed by atoms with E-state index in [4.69, 9.17) is 5.11 Å². The summed E-state index contributed by atoms with van der Waals surface area (Å²) >= 11 is 0. The van der Waals surface area contributed by atoms with Gasteiger partial charge in [0.1, 0.15) is 0 Å². The lowest BCUT2D eigenvalue weighted by molar-refractivity contribution is -0.385. The Kier molecular flexibility index (Phi) is 4.31. The first kappa shape index (κ1) is 15.9. The SMILES string of the molecule is Cc1cc(S(=O)(=O)N2CCC(CO)C2)cc([N+](=O)[O-])c1C. The van der Waals surface area contributed by atoms with Crippen molar-refractivity contribution >= 4 is 15.7 Å². The van der Waals surface area contributed by atoms with E-state index in [0.29, 0.717) is 24.1 Å². The molecule has 116 valence electrons. The number of nitro benzene ring substituents is 1. The fourth-order valence-corrected chi connectivity index (χ4v) is 4.10. The summed E-state index contributed by atoms with van der Waals surface area (Å²) in [5.74, 6) is -0.0682. The first-order valence-corrected chi connectivity index (χ1v) is 8.08. The molecule has 0 aromatic heterocycles. The quantitative estimate of drug-likeness (QED) is 0.665. The van der Waals surface area contributed by atoms with Crippen LogP contribution in [0.2, 0.25) is 0 Å². The second-order valence-corrected chi connectivity index (χ2v) is 7.28.